The first-order valence-corrected chi connectivity index (χ1v) is 9.29. The minimum Gasteiger partial charge on any atom is -0.483 e. The highest BCUT2D eigenvalue weighted by molar-refractivity contribution is 6.30. The lowest BCUT2D eigenvalue weighted by Crippen LogP contribution is -2.23. The van der Waals surface area contributed by atoms with Crippen LogP contribution in [-0.4, -0.2) is 13.0 Å². The molecule has 4 rings (SSSR count). The van der Waals surface area contributed by atoms with Crippen LogP contribution in [0.1, 0.15) is 24.0 Å². The van der Waals surface area contributed by atoms with Crippen LogP contribution in [-0.2, 0) is 4.74 Å². The first-order chi connectivity index (χ1) is 14.1. The van der Waals surface area contributed by atoms with Crippen LogP contribution < -0.4 is 10.4 Å². The Morgan fingerprint density at radius 2 is 2.00 bits per heavy atom. The van der Waals surface area contributed by atoms with E-state index in [-0.39, 0.29) is 17.0 Å². The van der Waals surface area contributed by atoms with Crippen LogP contribution in [0, 0.1) is 11.3 Å². The minimum absolute atomic E-state index is 0.0733. The van der Waals surface area contributed by atoms with Crippen molar-refractivity contribution >= 4 is 29.0 Å². The van der Waals surface area contributed by atoms with Crippen molar-refractivity contribution in [3.05, 3.63) is 86.6 Å². The van der Waals surface area contributed by atoms with Crippen molar-refractivity contribution in [1.82, 2.24) is 0 Å². The van der Waals surface area contributed by atoms with Crippen molar-refractivity contribution in [2.24, 2.45) is 4.99 Å². The van der Waals surface area contributed by atoms with E-state index >= 15 is 0 Å². The van der Waals surface area contributed by atoms with Crippen molar-refractivity contribution in [2.45, 2.75) is 12.8 Å². The third-order valence-electron chi connectivity index (χ3n) is 4.54. The maximum atomic E-state index is 12.9. The van der Waals surface area contributed by atoms with Gasteiger partial charge in [-0.25, -0.2) is 4.79 Å². The third kappa shape index (κ3) is 3.37. The lowest BCUT2D eigenvalue weighted by Gasteiger charge is -2.25. The fraction of sp³-hybridized carbons (Fsp3) is 0.136. The van der Waals surface area contributed by atoms with E-state index in [4.69, 9.17) is 25.5 Å². The summed E-state index contributed by atoms with van der Waals surface area (Å²) in [7, 11) is 0. The van der Waals surface area contributed by atoms with Crippen LogP contribution in [0.15, 0.2) is 74.2 Å². The fourth-order valence-electron chi connectivity index (χ4n) is 3.27. The molecular formula is C22H15ClN2O4. The van der Waals surface area contributed by atoms with Gasteiger partial charge in [0.2, 0.25) is 5.88 Å². The number of fused-ring (bicyclic) bond motifs is 3. The Morgan fingerprint density at radius 3 is 2.72 bits per heavy atom. The Bertz CT molecular complexity index is 1240. The number of allylic oxidation sites excluding steroid dienone is 1. The molecule has 0 saturated heterocycles. The molecule has 0 aliphatic carbocycles. The molecule has 6 nitrogen and oxygen atoms in total. The van der Waals surface area contributed by atoms with Gasteiger partial charge in [0, 0.05) is 5.02 Å². The van der Waals surface area contributed by atoms with Crippen LogP contribution in [0.2, 0.25) is 5.02 Å². The fourth-order valence-corrected chi connectivity index (χ4v) is 3.40. The maximum absolute atomic E-state index is 12.9. The molecule has 0 amide bonds. The molecule has 2 aromatic carbocycles. The number of hydrogen-bond donors (Lipinski definition) is 0. The highest BCUT2D eigenvalue weighted by atomic mass is 35.5. The number of aliphatic imine (C=N–C) groups is 1. The third-order valence-corrected chi connectivity index (χ3v) is 4.79. The molecule has 1 aliphatic rings. The van der Waals surface area contributed by atoms with Gasteiger partial charge in [0.05, 0.1) is 23.5 Å². The van der Waals surface area contributed by atoms with Gasteiger partial charge in [0.25, 0.3) is 0 Å². The number of para-hydroxylation sites is 1. The molecule has 1 unspecified atom stereocenters. The Labute approximate surface area is 171 Å². The molecule has 29 heavy (non-hydrogen) atoms. The molecule has 0 N–H and O–H groups in total. The molecule has 144 valence electrons. The van der Waals surface area contributed by atoms with Gasteiger partial charge in [0.15, 0.2) is 12.2 Å². The smallest absolute Gasteiger partial charge is 0.344 e. The van der Waals surface area contributed by atoms with Gasteiger partial charge < -0.3 is 13.9 Å². The molecule has 1 aromatic heterocycles. The molecule has 1 atom stereocenters. The summed E-state index contributed by atoms with van der Waals surface area (Å²) in [4.78, 5) is 17.1. The molecule has 0 radical (unpaired) electrons. The summed E-state index contributed by atoms with van der Waals surface area (Å²) in [6.45, 7) is 2.24. The zero-order chi connectivity index (χ0) is 20.4. The van der Waals surface area contributed by atoms with Crippen molar-refractivity contribution in [3.8, 4) is 11.8 Å². The van der Waals surface area contributed by atoms with E-state index in [1.165, 1.54) is 6.40 Å². The summed E-state index contributed by atoms with van der Waals surface area (Å²) in [5.41, 5.74) is 0.942. The summed E-state index contributed by atoms with van der Waals surface area (Å²) in [6, 6.07) is 16.1. The average molecular weight is 407 g/mol. The van der Waals surface area contributed by atoms with Crippen molar-refractivity contribution < 1.29 is 13.9 Å². The summed E-state index contributed by atoms with van der Waals surface area (Å²) in [5, 5.41) is 11.0. The standard InChI is InChI=1S/C22H15ClN2O4/c1-2-27-12-25-21-16(11-24)18(13-7-9-14(23)10-8-13)19-20(29-21)15-5-3-4-6-17(15)28-22(19)26/h3-10,12,18H,2H2,1H3. The van der Waals surface area contributed by atoms with E-state index in [2.05, 4.69) is 11.1 Å². The zero-order valence-electron chi connectivity index (χ0n) is 15.4. The van der Waals surface area contributed by atoms with Crippen LogP contribution in [0.3, 0.4) is 0 Å². The summed E-state index contributed by atoms with van der Waals surface area (Å²) < 4.78 is 16.6. The zero-order valence-corrected chi connectivity index (χ0v) is 16.1. The Hall–Kier alpha value is -3.56. The Morgan fingerprint density at radius 1 is 1.24 bits per heavy atom. The Balaban J connectivity index is 2.02. The molecule has 1 aliphatic heterocycles. The molecule has 0 saturated carbocycles. The van der Waals surface area contributed by atoms with E-state index in [1.807, 2.05) is 13.0 Å². The van der Waals surface area contributed by atoms with E-state index in [0.717, 1.165) is 0 Å². The highest BCUT2D eigenvalue weighted by Gasteiger charge is 2.36. The van der Waals surface area contributed by atoms with Gasteiger partial charge in [0.1, 0.15) is 17.2 Å². The summed E-state index contributed by atoms with van der Waals surface area (Å²) in [6.07, 6.45) is 1.23. The second-order valence-electron chi connectivity index (χ2n) is 6.24. The van der Waals surface area contributed by atoms with Gasteiger partial charge in [-0.05, 0) is 36.8 Å². The number of hydrogen-bond acceptors (Lipinski definition) is 6. The van der Waals surface area contributed by atoms with Crippen LogP contribution >= 0.6 is 11.6 Å². The van der Waals surface area contributed by atoms with E-state index in [9.17, 15) is 10.1 Å². The molecule has 3 aromatic rings. The predicted octanol–water partition coefficient (Wildman–Crippen LogP) is 4.77. The monoisotopic (exact) mass is 406 g/mol. The highest BCUT2D eigenvalue weighted by Crippen LogP contribution is 2.44. The topological polar surface area (TPSA) is 84.8 Å². The number of halogens is 1. The van der Waals surface area contributed by atoms with Crippen molar-refractivity contribution in [2.75, 3.05) is 6.61 Å². The molecule has 0 spiro atoms. The summed E-state index contributed by atoms with van der Waals surface area (Å²) in [5.74, 6) is -0.320. The SMILES string of the molecule is CCOC=NC1=C(C#N)C(c2ccc(Cl)cc2)c2c(c3ccccc3oc2=O)O1. The number of nitriles is 1. The van der Waals surface area contributed by atoms with E-state index < -0.39 is 11.5 Å². The van der Waals surface area contributed by atoms with Crippen molar-refractivity contribution in [1.29, 1.82) is 5.26 Å². The van der Waals surface area contributed by atoms with Gasteiger partial charge in [-0.2, -0.15) is 10.3 Å². The maximum Gasteiger partial charge on any atom is 0.344 e. The predicted molar refractivity (Wildman–Crippen MR) is 109 cm³/mol. The Kier molecular flexibility index (Phi) is 5.07. The molecular weight excluding hydrogens is 392 g/mol. The van der Waals surface area contributed by atoms with Crippen LogP contribution in [0.4, 0.5) is 0 Å². The number of ether oxygens (including phenoxy) is 2. The second-order valence-corrected chi connectivity index (χ2v) is 6.67. The van der Waals surface area contributed by atoms with Gasteiger partial charge in [-0.1, -0.05) is 35.9 Å². The van der Waals surface area contributed by atoms with E-state index in [0.29, 0.717) is 33.9 Å². The quantitative estimate of drug-likeness (QED) is 0.354. The molecule has 0 bridgehead atoms. The number of benzene rings is 2. The lowest BCUT2D eigenvalue weighted by atomic mass is 9.84. The minimum atomic E-state index is -0.712. The summed E-state index contributed by atoms with van der Waals surface area (Å²) >= 11 is 6.02. The number of nitrogens with zero attached hydrogens (tertiary/aromatic N) is 2. The van der Waals surface area contributed by atoms with Gasteiger partial charge in [-0.3, -0.25) is 0 Å². The van der Waals surface area contributed by atoms with Gasteiger partial charge >= 0.3 is 5.63 Å². The average Bonchev–Trinajstić information content (AvgIpc) is 2.73. The number of rotatable bonds is 4. The van der Waals surface area contributed by atoms with Crippen molar-refractivity contribution in [3.63, 3.8) is 0 Å². The van der Waals surface area contributed by atoms with E-state index in [1.54, 1.807) is 42.5 Å². The van der Waals surface area contributed by atoms with Gasteiger partial charge in [-0.15, -0.1) is 0 Å². The van der Waals surface area contributed by atoms with Crippen LogP contribution in [0.5, 0.6) is 5.75 Å². The molecule has 7 heteroatoms. The first kappa shape index (κ1) is 18.8. The van der Waals surface area contributed by atoms with Crippen LogP contribution in [0.25, 0.3) is 11.0 Å². The molecule has 2 heterocycles. The largest absolute Gasteiger partial charge is 0.483 e. The normalized spacial score (nSPS) is 15.8. The molecule has 0 fully saturated rings. The second kappa shape index (κ2) is 7.82. The first-order valence-electron chi connectivity index (χ1n) is 8.91. The lowest BCUT2D eigenvalue weighted by molar-refractivity contribution is 0.335.